The number of carboxylic acid groups (broad SMARTS) is 1. The molecule has 2 fully saturated rings. The Morgan fingerprint density at radius 1 is 1.14 bits per heavy atom. The smallest absolute Gasteiger partial charge is 0.311 e. The van der Waals surface area contributed by atoms with Crippen LogP contribution in [0, 0.1) is 5.41 Å². The average molecular weight is 332 g/mol. The normalized spacial score (nSPS) is 24.0. The minimum absolute atomic E-state index is 0.0783. The van der Waals surface area contributed by atoms with E-state index in [-0.39, 0.29) is 31.2 Å². The molecule has 0 aromatic carbocycles. The first kappa shape index (κ1) is 17.2. The van der Waals surface area contributed by atoms with E-state index in [9.17, 15) is 23.1 Å². The van der Waals surface area contributed by atoms with Crippen molar-refractivity contribution in [3.05, 3.63) is 0 Å². The van der Waals surface area contributed by atoms with E-state index < -0.39 is 21.4 Å². The van der Waals surface area contributed by atoms with Gasteiger partial charge in [0.05, 0.1) is 11.2 Å². The third kappa shape index (κ3) is 3.98. The molecule has 0 spiro atoms. The number of hydrogen-bond donors (Lipinski definition) is 2. The van der Waals surface area contributed by atoms with Crippen molar-refractivity contribution < 1.29 is 23.1 Å². The molecule has 0 radical (unpaired) electrons. The van der Waals surface area contributed by atoms with Crippen molar-refractivity contribution in [2.24, 2.45) is 5.41 Å². The standard InChI is InChI=1S/C14H24N2O5S/c17-12(5-9-16-8-4-10-22(16,20)21)15-11-14(13(18)19)6-2-1-3-7-14/h1-11H2,(H,15,17)(H,18,19). The van der Waals surface area contributed by atoms with E-state index in [0.29, 0.717) is 25.8 Å². The zero-order valence-corrected chi connectivity index (χ0v) is 13.5. The van der Waals surface area contributed by atoms with Gasteiger partial charge in [-0.1, -0.05) is 19.3 Å². The second kappa shape index (κ2) is 6.95. The van der Waals surface area contributed by atoms with E-state index in [1.807, 2.05) is 0 Å². The maximum absolute atomic E-state index is 11.9. The van der Waals surface area contributed by atoms with E-state index in [4.69, 9.17) is 0 Å². The molecule has 8 heteroatoms. The Morgan fingerprint density at radius 2 is 1.82 bits per heavy atom. The lowest BCUT2D eigenvalue weighted by molar-refractivity contribution is -0.151. The fraction of sp³-hybridized carbons (Fsp3) is 0.857. The average Bonchev–Trinajstić information content (AvgIpc) is 2.82. The number of sulfonamides is 1. The van der Waals surface area contributed by atoms with Gasteiger partial charge >= 0.3 is 5.97 Å². The van der Waals surface area contributed by atoms with Crippen LogP contribution in [0.25, 0.3) is 0 Å². The molecule has 1 amide bonds. The summed E-state index contributed by atoms with van der Waals surface area (Å²) in [5.74, 6) is -0.987. The number of carboxylic acids is 1. The highest BCUT2D eigenvalue weighted by atomic mass is 32.2. The fourth-order valence-corrected chi connectivity index (χ4v) is 4.75. The van der Waals surface area contributed by atoms with Crippen LogP contribution in [0.15, 0.2) is 0 Å². The van der Waals surface area contributed by atoms with Crippen LogP contribution in [0.5, 0.6) is 0 Å². The predicted molar refractivity (Wildman–Crippen MR) is 80.8 cm³/mol. The van der Waals surface area contributed by atoms with Crippen LogP contribution in [0.1, 0.15) is 44.9 Å². The van der Waals surface area contributed by atoms with Gasteiger partial charge in [-0.25, -0.2) is 12.7 Å². The molecule has 0 atom stereocenters. The second-order valence-electron chi connectivity index (χ2n) is 6.24. The van der Waals surface area contributed by atoms with E-state index in [1.165, 1.54) is 4.31 Å². The van der Waals surface area contributed by atoms with Crippen LogP contribution in [-0.2, 0) is 19.6 Å². The highest BCUT2D eigenvalue weighted by molar-refractivity contribution is 7.89. The molecule has 2 N–H and O–H groups in total. The highest BCUT2D eigenvalue weighted by Gasteiger charge is 2.39. The van der Waals surface area contributed by atoms with Crippen molar-refractivity contribution >= 4 is 21.9 Å². The quantitative estimate of drug-likeness (QED) is 0.740. The first-order valence-corrected chi connectivity index (χ1v) is 9.45. The predicted octanol–water partition coefficient (Wildman–Crippen LogP) is 0.563. The summed E-state index contributed by atoms with van der Waals surface area (Å²) in [6.07, 6.45) is 4.63. The molecular formula is C14H24N2O5S. The van der Waals surface area contributed by atoms with Gasteiger partial charge in [0.25, 0.3) is 0 Å². The van der Waals surface area contributed by atoms with Crippen molar-refractivity contribution in [2.45, 2.75) is 44.9 Å². The maximum atomic E-state index is 11.9. The Labute approximate surface area is 131 Å². The van der Waals surface area contributed by atoms with Gasteiger partial charge in [-0.15, -0.1) is 0 Å². The summed E-state index contributed by atoms with van der Waals surface area (Å²) in [7, 11) is -3.18. The number of hydrogen-bond acceptors (Lipinski definition) is 4. The summed E-state index contributed by atoms with van der Waals surface area (Å²) in [4.78, 5) is 23.4. The number of carbonyl (C=O) groups is 2. The van der Waals surface area contributed by atoms with E-state index >= 15 is 0 Å². The van der Waals surface area contributed by atoms with Crippen molar-refractivity contribution in [3.8, 4) is 0 Å². The lowest BCUT2D eigenvalue weighted by atomic mass is 9.74. The molecule has 1 aliphatic carbocycles. The molecule has 1 saturated heterocycles. The van der Waals surface area contributed by atoms with Crippen molar-refractivity contribution in [1.82, 2.24) is 9.62 Å². The summed E-state index contributed by atoms with van der Waals surface area (Å²) >= 11 is 0. The highest BCUT2D eigenvalue weighted by Crippen LogP contribution is 2.36. The number of nitrogens with one attached hydrogen (secondary N) is 1. The summed E-state index contributed by atoms with van der Waals surface area (Å²) in [5, 5.41) is 12.1. The van der Waals surface area contributed by atoms with Gasteiger partial charge in [0.15, 0.2) is 0 Å². The summed E-state index contributed by atoms with van der Waals surface area (Å²) in [6, 6.07) is 0. The number of carbonyl (C=O) groups excluding carboxylic acids is 1. The van der Waals surface area contributed by atoms with Gasteiger partial charge in [0.1, 0.15) is 0 Å². The van der Waals surface area contributed by atoms with Gasteiger partial charge in [-0.05, 0) is 19.3 Å². The summed E-state index contributed by atoms with van der Waals surface area (Å²) in [5.41, 5.74) is -0.854. The van der Waals surface area contributed by atoms with Gasteiger partial charge in [-0.2, -0.15) is 0 Å². The molecule has 1 heterocycles. The van der Waals surface area contributed by atoms with Crippen molar-refractivity contribution in [1.29, 1.82) is 0 Å². The lowest BCUT2D eigenvalue weighted by Gasteiger charge is -2.33. The molecule has 22 heavy (non-hydrogen) atoms. The topological polar surface area (TPSA) is 104 Å². The van der Waals surface area contributed by atoms with Crippen LogP contribution in [0.3, 0.4) is 0 Å². The molecular weight excluding hydrogens is 308 g/mol. The molecule has 2 rings (SSSR count). The van der Waals surface area contributed by atoms with Gasteiger partial charge in [-0.3, -0.25) is 9.59 Å². The van der Waals surface area contributed by atoms with Gasteiger partial charge in [0, 0.05) is 26.1 Å². The van der Waals surface area contributed by atoms with Crippen molar-refractivity contribution in [2.75, 3.05) is 25.4 Å². The van der Waals surface area contributed by atoms with E-state index in [2.05, 4.69) is 5.32 Å². The van der Waals surface area contributed by atoms with Crippen LogP contribution in [0.2, 0.25) is 0 Å². The SMILES string of the molecule is O=C(CCN1CCCS1(=O)=O)NCC1(C(=O)O)CCCCC1. The molecule has 1 aliphatic heterocycles. The van der Waals surface area contributed by atoms with Gasteiger partial charge in [0.2, 0.25) is 15.9 Å². The zero-order chi connectivity index (χ0) is 16.2. The molecule has 0 unspecified atom stereocenters. The molecule has 0 bridgehead atoms. The lowest BCUT2D eigenvalue weighted by Crippen LogP contribution is -2.44. The molecule has 0 aromatic heterocycles. The molecule has 2 aliphatic rings. The number of nitrogens with zero attached hydrogens (tertiary/aromatic N) is 1. The molecule has 0 aromatic rings. The molecule has 126 valence electrons. The largest absolute Gasteiger partial charge is 0.481 e. The van der Waals surface area contributed by atoms with Crippen LogP contribution in [0.4, 0.5) is 0 Å². The molecule has 7 nitrogen and oxygen atoms in total. The number of aliphatic carboxylic acids is 1. The Morgan fingerprint density at radius 3 is 2.36 bits per heavy atom. The Bertz CT molecular complexity index is 525. The Hall–Kier alpha value is -1.15. The third-order valence-corrected chi connectivity index (χ3v) is 6.64. The zero-order valence-electron chi connectivity index (χ0n) is 12.7. The van der Waals surface area contributed by atoms with E-state index in [1.54, 1.807) is 0 Å². The fourth-order valence-electron chi connectivity index (χ4n) is 3.22. The first-order chi connectivity index (χ1) is 10.4. The molecule has 1 saturated carbocycles. The minimum atomic E-state index is -3.18. The van der Waals surface area contributed by atoms with Gasteiger partial charge < -0.3 is 10.4 Å². The van der Waals surface area contributed by atoms with E-state index in [0.717, 1.165) is 19.3 Å². The second-order valence-corrected chi connectivity index (χ2v) is 8.33. The first-order valence-electron chi connectivity index (χ1n) is 7.84. The summed E-state index contributed by atoms with van der Waals surface area (Å²) in [6.45, 7) is 0.775. The minimum Gasteiger partial charge on any atom is -0.481 e. The Balaban J connectivity index is 1.80. The van der Waals surface area contributed by atoms with Crippen LogP contribution < -0.4 is 5.32 Å². The third-order valence-electron chi connectivity index (χ3n) is 4.68. The van der Waals surface area contributed by atoms with Crippen LogP contribution in [-0.4, -0.2) is 55.1 Å². The van der Waals surface area contributed by atoms with Crippen molar-refractivity contribution in [3.63, 3.8) is 0 Å². The maximum Gasteiger partial charge on any atom is 0.311 e. The monoisotopic (exact) mass is 332 g/mol. The number of rotatable bonds is 6. The number of amides is 1. The summed E-state index contributed by atoms with van der Waals surface area (Å²) < 4.78 is 24.6. The Kier molecular flexibility index (Phi) is 5.44. The van der Waals surface area contributed by atoms with Crippen LogP contribution >= 0.6 is 0 Å².